The van der Waals surface area contributed by atoms with Crippen LogP contribution in [0.4, 0.5) is 13.2 Å². The molecule has 5 heteroatoms. The molecule has 0 aliphatic carbocycles. The standard InChI is InChI=1S/C9H15F3O2/c1-3-4-5-7(13)6-8(2,14)9(10,11)12/h14H,3-6H2,1-2H3. The summed E-state index contributed by atoms with van der Waals surface area (Å²) in [7, 11) is 0. The third kappa shape index (κ3) is 4.09. The highest BCUT2D eigenvalue weighted by Crippen LogP contribution is 2.33. The molecule has 0 rings (SSSR count). The van der Waals surface area contributed by atoms with Crippen molar-refractivity contribution in [2.24, 2.45) is 0 Å². The Balaban J connectivity index is 4.16. The molecular weight excluding hydrogens is 197 g/mol. The smallest absolute Gasteiger partial charge is 0.380 e. The van der Waals surface area contributed by atoms with Crippen molar-refractivity contribution in [3.8, 4) is 0 Å². The maximum absolute atomic E-state index is 12.1. The summed E-state index contributed by atoms with van der Waals surface area (Å²) in [6.07, 6.45) is -4.18. The summed E-state index contributed by atoms with van der Waals surface area (Å²) >= 11 is 0. The van der Waals surface area contributed by atoms with Gasteiger partial charge in [0.1, 0.15) is 5.78 Å². The number of carbonyl (C=O) groups is 1. The molecule has 0 aliphatic rings. The lowest BCUT2D eigenvalue weighted by atomic mass is 9.96. The maximum Gasteiger partial charge on any atom is 0.417 e. The number of halogens is 3. The first-order valence-corrected chi connectivity index (χ1v) is 4.51. The number of hydrogen-bond acceptors (Lipinski definition) is 2. The van der Waals surface area contributed by atoms with Gasteiger partial charge in [-0.15, -0.1) is 0 Å². The minimum atomic E-state index is -4.74. The van der Waals surface area contributed by atoms with E-state index in [2.05, 4.69) is 0 Å². The molecular formula is C9H15F3O2. The van der Waals surface area contributed by atoms with Crippen molar-refractivity contribution in [3.63, 3.8) is 0 Å². The summed E-state index contributed by atoms with van der Waals surface area (Å²) in [4.78, 5) is 11.0. The van der Waals surface area contributed by atoms with Gasteiger partial charge in [0.2, 0.25) is 0 Å². The van der Waals surface area contributed by atoms with Gasteiger partial charge in [0.05, 0.1) is 0 Å². The van der Waals surface area contributed by atoms with Crippen LogP contribution in [0.5, 0.6) is 0 Å². The zero-order valence-electron chi connectivity index (χ0n) is 8.32. The lowest BCUT2D eigenvalue weighted by molar-refractivity contribution is -0.253. The van der Waals surface area contributed by atoms with Gasteiger partial charge in [-0.25, -0.2) is 0 Å². The van der Waals surface area contributed by atoms with Gasteiger partial charge in [0.15, 0.2) is 5.60 Å². The molecule has 0 aromatic carbocycles. The van der Waals surface area contributed by atoms with Crippen LogP contribution in [0.3, 0.4) is 0 Å². The van der Waals surface area contributed by atoms with Crippen LogP contribution < -0.4 is 0 Å². The van der Waals surface area contributed by atoms with Gasteiger partial charge in [-0.05, 0) is 13.3 Å². The molecule has 0 fully saturated rings. The van der Waals surface area contributed by atoms with Crippen molar-refractivity contribution < 1.29 is 23.1 Å². The highest BCUT2D eigenvalue weighted by Gasteiger charge is 2.50. The van der Waals surface area contributed by atoms with Crippen molar-refractivity contribution in [3.05, 3.63) is 0 Å². The largest absolute Gasteiger partial charge is 0.417 e. The molecule has 2 nitrogen and oxygen atoms in total. The van der Waals surface area contributed by atoms with Crippen LogP contribution in [0.1, 0.15) is 39.5 Å². The molecule has 0 spiro atoms. The van der Waals surface area contributed by atoms with E-state index in [-0.39, 0.29) is 6.42 Å². The molecule has 0 radical (unpaired) electrons. The Morgan fingerprint density at radius 3 is 2.21 bits per heavy atom. The summed E-state index contributed by atoms with van der Waals surface area (Å²) in [6.45, 7) is 2.46. The zero-order chi connectivity index (χ0) is 11.4. The van der Waals surface area contributed by atoms with Gasteiger partial charge in [-0.1, -0.05) is 13.3 Å². The molecule has 1 unspecified atom stereocenters. The molecule has 84 valence electrons. The predicted octanol–water partition coefficient (Wildman–Crippen LogP) is 2.45. The molecule has 1 N–H and O–H groups in total. The number of ketones is 1. The van der Waals surface area contributed by atoms with Gasteiger partial charge in [0, 0.05) is 12.8 Å². The normalized spacial score (nSPS) is 16.4. The van der Waals surface area contributed by atoms with Crippen LogP contribution in [0.2, 0.25) is 0 Å². The molecule has 1 atom stereocenters. The van der Waals surface area contributed by atoms with E-state index < -0.39 is 24.0 Å². The Labute approximate surface area is 81.1 Å². The summed E-state index contributed by atoms with van der Waals surface area (Å²) in [5.41, 5.74) is -2.89. The average Bonchev–Trinajstić information content (AvgIpc) is 1.97. The molecule has 0 aliphatic heterocycles. The fourth-order valence-electron chi connectivity index (χ4n) is 0.946. The fourth-order valence-corrected chi connectivity index (χ4v) is 0.946. The first-order valence-electron chi connectivity index (χ1n) is 4.51. The van der Waals surface area contributed by atoms with Crippen LogP contribution in [0.15, 0.2) is 0 Å². The molecule has 0 saturated carbocycles. The Morgan fingerprint density at radius 2 is 1.86 bits per heavy atom. The number of carbonyl (C=O) groups excluding carboxylic acids is 1. The van der Waals surface area contributed by atoms with Crippen LogP contribution in [0, 0.1) is 0 Å². The van der Waals surface area contributed by atoms with E-state index in [1.54, 1.807) is 0 Å². The average molecular weight is 212 g/mol. The summed E-state index contributed by atoms with van der Waals surface area (Å²) in [5, 5.41) is 8.97. The predicted molar refractivity (Wildman–Crippen MR) is 45.8 cm³/mol. The van der Waals surface area contributed by atoms with Crippen LogP contribution in [-0.2, 0) is 4.79 Å². The second kappa shape index (κ2) is 4.77. The SMILES string of the molecule is CCCCC(=O)CC(C)(O)C(F)(F)F. The molecule has 14 heavy (non-hydrogen) atoms. The van der Waals surface area contributed by atoms with Crippen LogP contribution >= 0.6 is 0 Å². The number of aliphatic hydroxyl groups is 1. The van der Waals surface area contributed by atoms with E-state index in [9.17, 15) is 18.0 Å². The number of unbranched alkanes of at least 4 members (excludes halogenated alkanes) is 1. The summed E-state index contributed by atoms with van der Waals surface area (Å²) in [5.74, 6) is -0.547. The van der Waals surface area contributed by atoms with Crippen molar-refractivity contribution in [2.75, 3.05) is 0 Å². The van der Waals surface area contributed by atoms with Crippen LogP contribution in [-0.4, -0.2) is 22.7 Å². The first kappa shape index (κ1) is 13.4. The van der Waals surface area contributed by atoms with E-state index >= 15 is 0 Å². The second-order valence-corrected chi connectivity index (χ2v) is 3.59. The van der Waals surface area contributed by atoms with Crippen molar-refractivity contribution in [1.82, 2.24) is 0 Å². The zero-order valence-corrected chi connectivity index (χ0v) is 8.32. The number of hydrogen-bond donors (Lipinski definition) is 1. The Hall–Kier alpha value is -0.580. The number of Topliss-reactive ketones (excluding diaryl/α,β-unsaturated/α-hetero) is 1. The highest BCUT2D eigenvalue weighted by molar-refractivity contribution is 5.79. The van der Waals surface area contributed by atoms with Gasteiger partial charge in [-0.2, -0.15) is 13.2 Å². The molecule has 0 aromatic rings. The molecule has 0 amide bonds. The molecule has 0 saturated heterocycles. The van der Waals surface area contributed by atoms with E-state index in [0.717, 1.165) is 6.42 Å². The minimum absolute atomic E-state index is 0.0999. The van der Waals surface area contributed by atoms with Crippen molar-refractivity contribution >= 4 is 5.78 Å². The topological polar surface area (TPSA) is 37.3 Å². The third-order valence-electron chi connectivity index (χ3n) is 1.96. The van der Waals surface area contributed by atoms with Crippen molar-refractivity contribution in [1.29, 1.82) is 0 Å². The first-order chi connectivity index (χ1) is 6.20. The fraction of sp³-hybridized carbons (Fsp3) is 0.889. The van der Waals surface area contributed by atoms with Gasteiger partial charge < -0.3 is 5.11 Å². The highest BCUT2D eigenvalue weighted by atomic mass is 19.4. The Bertz CT molecular complexity index is 197. The maximum atomic E-state index is 12.1. The summed E-state index contributed by atoms with van der Waals surface area (Å²) in [6, 6.07) is 0. The molecule has 0 heterocycles. The van der Waals surface area contributed by atoms with E-state index in [1.165, 1.54) is 0 Å². The van der Waals surface area contributed by atoms with Gasteiger partial charge >= 0.3 is 6.18 Å². The Kier molecular flexibility index (Phi) is 4.58. The summed E-state index contributed by atoms with van der Waals surface area (Å²) < 4.78 is 36.3. The third-order valence-corrected chi connectivity index (χ3v) is 1.96. The quantitative estimate of drug-likeness (QED) is 0.760. The second-order valence-electron chi connectivity index (χ2n) is 3.59. The monoisotopic (exact) mass is 212 g/mol. The number of alkyl halides is 3. The lowest BCUT2D eigenvalue weighted by Gasteiger charge is -2.25. The van der Waals surface area contributed by atoms with Gasteiger partial charge in [0.25, 0.3) is 0 Å². The molecule has 0 bridgehead atoms. The van der Waals surface area contributed by atoms with E-state index in [1.807, 2.05) is 6.92 Å². The number of rotatable bonds is 5. The Morgan fingerprint density at radius 1 is 1.36 bits per heavy atom. The van der Waals surface area contributed by atoms with Crippen molar-refractivity contribution in [2.45, 2.75) is 51.3 Å². The molecule has 0 aromatic heterocycles. The lowest BCUT2D eigenvalue weighted by Crippen LogP contribution is -2.43. The van der Waals surface area contributed by atoms with Crippen LogP contribution in [0.25, 0.3) is 0 Å². The van der Waals surface area contributed by atoms with Gasteiger partial charge in [-0.3, -0.25) is 4.79 Å². The van der Waals surface area contributed by atoms with E-state index in [4.69, 9.17) is 5.11 Å². The minimum Gasteiger partial charge on any atom is -0.380 e. The van der Waals surface area contributed by atoms with E-state index in [0.29, 0.717) is 13.3 Å².